The van der Waals surface area contributed by atoms with Gasteiger partial charge in [-0.15, -0.1) is 0 Å². The lowest BCUT2D eigenvalue weighted by atomic mass is 10.1. The van der Waals surface area contributed by atoms with E-state index in [1.165, 1.54) is 16.2 Å². The van der Waals surface area contributed by atoms with Crippen molar-refractivity contribution in [2.45, 2.75) is 13.5 Å². The Morgan fingerprint density at radius 3 is 2.46 bits per heavy atom. The van der Waals surface area contributed by atoms with Gasteiger partial charge < -0.3 is 14.7 Å². The van der Waals surface area contributed by atoms with Crippen LogP contribution < -0.4 is 9.80 Å². The molecule has 0 saturated carbocycles. The Labute approximate surface area is 164 Å². The fourth-order valence-corrected chi connectivity index (χ4v) is 3.89. The molecular weight excluding hydrogens is 390 g/mol. The van der Waals surface area contributed by atoms with Gasteiger partial charge in [0, 0.05) is 23.8 Å². The van der Waals surface area contributed by atoms with Gasteiger partial charge in [0.2, 0.25) is 0 Å². The maximum atomic E-state index is 12.6. The van der Waals surface area contributed by atoms with Crippen LogP contribution in [0, 0.1) is 6.92 Å². The Hall–Kier alpha value is -1.85. The van der Waals surface area contributed by atoms with E-state index >= 15 is 0 Å². The summed E-state index contributed by atoms with van der Waals surface area (Å²) in [5, 5.41) is 0. The van der Waals surface area contributed by atoms with Gasteiger partial charge in [-0.2, -0.15) is 0 Å². The van der Waals surface area contributed by atoms with Crippen LogP contribution in [0.25, 0.3) is 0 Å². The van der Waals surface area contributed by atoms with Crippen LogP contribution in [0.15, 0.2) is 53.0 Å². The van der Waals surface area contributed by atoms with Gasteiger partial charge in [-0.05, 0) is 30.2 Å². The van der Waals surface area contributed by atoms with Crippen molar-refractivity contribution in [3.63, 3.8) is 0 Å². The van der Waals surface area contributed by atoms with Crippen LogP contribution >= 0.6 is 15.9 Å². The first-order chi connectivity index (χ1) is 12.5. The molecule has 1 saturated heterocycles. The lowest BCUT2D eigenvalue weighted by Crippen LogP contribution is -3.15. The van der Waals surface area contributed by atoms with Crippen LogP contribution in [0.3, 0.4) is 0 Å². The van der Waals surface area contributed by atoms with Gasteiger partial charge in [0.25, 0.3) is 5.91 Å². The first-order valence-corrected chi connectivity index (χ1v) is 9.95. The van der Waals surface area contributed by atoms with Crippen LogP contribution in [-0.2, 0) is 11.3 Å². The van der Waals surface area contributed by atoms with E-state index in [1.54, 1.807) is 0 Å². The number of rotatable bonds is 5. The van der Waals surface area contributed by atoms with Crippen molar-refractivity contribution in [2.75, 3.05) is 44.7 Å². The maximum absolute atomic E-state index is 12.6. The highest BCUT2D eigenvalue weighted by Crippen LogP contribution is 2.19. The van der Waals surface area contributed by atoms with Crippen LogP contribution in [0.1, 0.15) is 11.1 Å². The van der Waals surface area contributed by atoms with Gasteiger partial charge in [-0.3, -0.25) is 4.79 Å². The smallest absolute Gasteiger partial charge is 0.277 e. The number of likely N-dealkylation sites (N-methyl/N-ethyl adjacent to an activating group) is 1. The minimum atomic E-state index is 0.208. The van der Waals surface area contributed by atoms with Gasteiger partial charge in [-0.1, -0.05) is 52.3 Å². The van der Waals surface area contributed by atoms with Crippen LogP contribution in [0.5, 0.6) is 0 Å². The lowest BCUT2D eigenvalue weighted by Gasteiger charge is -2.34. The van der Waals surface area contributed by atoms with Crippen molar-refractivity contribution in [3.05, 3.63) is 64.1 Å². The van der Waals surface area contributed by atoms with E-state index in [2.05, 4.69) is 58.1 Å². The summed E-state index contributed by atoms with van der Waals surface area (Å²) in [5.74, 6) is 0.208. The summed E-state index contributed by atoms with van der Waals surface area (Å²) in [4.78, 5) is 18.3. The molecule has 1 amide bonds. The Bertz CT molecular complexity index is 756. The molecule has 0 aromatic heterocycles. The molecule has 138 valence electrons. The highest BCUT2D eigenvalue weighted by molar-refractivity contribution is 9.10. The zero-order chi connectivity index (χ0) is 18.5. The van der Waals surface area contributed by atoms with Crippen LogP contribution in [0.4, 0.5) is 5.69 Å². The number of anilines is 1. The minimum Gasteiger partial charge on any atom is -0.360 e. The molecule has 1 heterocycles. The number of piperazine rings is 1. The molecule has 5 heteroatoms. The van der Waals surface area contributed by atoms with Crippen LogP contribution in [0.2, 0.25) is 0 Å². The zero-order valence-corrected chi connectivity index (χ0v) is 17.1. The first-order valence-electron chi connectivity index (χ1n) is 9.16. The van der Waals surface area contributed by atoms with E-state index in [-0.39, 0.29) is 5.91 Å². The molecule has 0 spiro atoms. The molecule has 4 nitrogen and oxygen atoms in total. The molecule has 1 N–H and O–H groups in total. The van der Waals surface area contributed by atoms with Crippen molar-refractivity contribution in [2.24, 2.45) is 0 Å². The third-order valence-corrected chi connectivity index (χ3v) is 5.89. The fraction of sp³-hybridized carbons (Fsp3) is 0.381. The molecule has 1 aliphatic heterocycles. The van der Waals surface area contributed by atoms with E-state index in [4.69, 9.17) is 0 Å². The maximum Gasteiger partial charge on any atom is 0.277 e. The van der Waals surface area contributed by atoms with Crippen molar-refractivity contribution < 1.29 is 9.69 Å². The Balaban J connectivity index is 1.50. The third kappa shape index (κ3) is 4.65. The summed E-state index contributed by atoms with van der Waals surface area (Å²) in [7, 11) is 1.89. The van der Waals surface area contributed by atoms with E-state index in [1.807, 2.05) is 30.1 Å². The van der Waals surface area contributed by atoms with Gasteiger partial charge in [0.05, 0.1) is 26.2 Å². The standard InChI is InChI=1S/C21H26BrN3O/c1-17-7-3-6-10-20(17)25-13-11-24(12-14-25)16-21(26)23(2)15-18-8-4-5-9-19(18)22/h3-10H,11-16H2,1-2H3/p+1. The van der Waals surface area contributed by atoms with E-state index in [0.717, 1.165) is 36.2 Å². The number of quaternary nitrogens is 1. The number of amides is 1. The summed E-state index contributed by atoms with van der Waals surface area (Å²) < 4.78 is 1.05. The van der Waals surface area contributed by atoms with Crippen LogP contribution in [-0.4, -0.2) is 50.6 Å². The molecule has 2 aromatic rings. The Morgan fingerprint density at radius 2 is 1.77 bits per heavy atom. The number of nitrogens with one attached hydrogen (secondary N) is 1. The topological polar surface area (TPSA) is 28.0 Å². The normalized spacial score (nSPS) is 15.1. The monoisotopic (exact) mass is 416 g/mol. The number of halogens is 1. The summed E-state index contributed by atoms with van der Waals surface area (Å²) in [6.45, 7) is 7.38. The molecule has 2 aromatic carbocycles. The molecule has 3 rings (SSSR count). The third-order valence-electron chi connectivity index (χ3n) is 5.12. The average Bonchev–Trinajstić information content (AvgIpc) is 2.65. The zero-order valence-electron chi connectivity index (χ0n) is 15.5. The Morgan fingerprint density at radius 1 is 1.12 bits per heavy atom. The highest BCUT2D eigenvalue weighted by atomic mass is 79.9. The van der Waals surface area contributed by atoms with E-state index < -0.39 is 0 Å². The fourth-order valence-electron chi connectivity index (χ4n) is 3.48. The van der Waals surface area contributed by atoms with E-state index in [0.29, 0.717) is 13.1 Å². The predicted molar refractivity (Wildman–Crippen MR) is 110 cm³/mol. The molecule has 1 fully saturated rings. The van der Waals surface area contributed by atoms with Crippen molar-refractivity contribution in [1.29, 1.82) is 0 Å². The van der Waals surface area contributed by atoms with Gasteiger partial charge in [0.1, 0.15) is 0 Å². The first kappa shape index (κ1) is 18.9. The number of carbonyl (C=O) groups excluding carboxylic acids is 1. The van der Waals surface area contributed by atoms with Crippen molar-refractivity contribution in [1.82, 2.24) is 4.90 Å². The quantitative estimate of drug-likeness (QED) is 0.808. The number of nitrogens with zero attached hydrogens (tertiary/aromatic N) is 2. The number of carbonyl (C=O) groups is 1. The predicted octanol–water partition coefficient (Wildman–Crippen LogP) is 2.12. The largest absolute Gasteiger partial charge is 0.360 e. The number of aryl methyl sites for hydroxylation is 1. The van der Waals surface area contributed by atoms with Crippen molar-refractivity contribution >= 4 is 27.5 Å². The summed E-state index contributed by atoms with van der Waals surface area (Å²) >= 11 is 3.56. The number of benzene rings is 2. The lowest BCUT2D eigenvalue weighted by molar-refractivity contribution is -0.892. The highest BCUT2D eigenvalue weighted by Gasteiger charge is 2.24. The molecule has 0 bridgehead atoms. The van der Waals surface area contributed by atoms with Crippen molar-refractivity contribution in [3.8, 4) is 0 Å². The molecular formula is C21H27BrN3O+. The second-order valence-electron chi connectivity index (χ2n) is 7.04. The van der Waals surface area contributed by atoms with Gasteiger partial charge >= 0.3 is 0 Å². The van der Waals surface area contributed by atoms with Gasteiger partial charge in [-0.25, -0.2) is 0 Å². The number of hydrogen-bond donors (Lipinski definition) is 1. The minimum absolute atomic E-state index is 0.208. The molecule has 0 unspecified atom stereocenters. The second-order valence-corrected chi connectivity index (χ2v) is 7.90. The molecule has 0 atom stereocenters. The molecule has 0 aliphatic carbocycles. The Kier molecular flexibility index (Phi) is 6.33. The second kappa shape index (κ2) is 8.69. The summed E-state index contributed by atoms with van der Waals surface area (Å²) in [5.41, 5.74) is 3.78. The van der Waals surface area contributed by atoms with Gasteiger partial charge in [0.15, 0.2) is 6.54 Å². The number of para-hydroxylation sites is 1. The average molecular weight is 417 g/mol. The summed E-state index contributed by atoms with van der Waals surface area (Å²) in [6, 6.07) is 16.6. The molecule has 1 aliphatic rings. The van der Waals surface area contributed by atoms with E-state index in [9.17, 15) is 4.79 Å². The SMILES string of the molecule is Cc1ccccc1N1CC[NH+](CC(=O)N(C)Cc2ccccc2Br)CC1. The summed E-state index contributed by atoms with van der Waals surface area (Å²) in [6.07, 6.45) is 0. The number of hydrogen-bond acceptors (Lipinski definition) is 2. The molecule has 0 radical (unpaired) electrons. The molecule has 26 heavy (non-hydrogen) atoms.